The smallest absolute Gasteiger partial charge is 0.243 e. The van der Waals surface area contributed by atoms with Crippen LogP contribution >= 0.6 is 0 Å². The van der Waals surface area contributed by atoms with Crippen LogP contribution in [0.4, 0.5) is 0 Å². The Morgan fingerprint density at radius 2 is 2.33 bits per heavy atom. The van der Waals surface area contributed by atoms with Crippen molar-refractivity contribution in [2.24, 2.45) is 0 Å². The average Bonchev–Trinajstić information content (AvgIpc) is 2.69. The van der Waals surface area contributed by atoms with Crippen LogP contribution in [0.2, 0.25) is 0 Å². The van der Waals surface area contributed by atoms with Gasteiger partial charge in [0, 0.05) is 5.39 Å². The van der Waals surface area contributed by atoms with Gasteiger partial charge < -0.3 is 9.84 Å². The van der Waals surface area contributed by atoms with Crippen LogP contribution in [0, 0.1) is 0 Å². The molecule has 1 aromatic carbocycles. The van der Waals surface area contributed by atoms with E-state index in [1.54, 1.807) is 0 Å². The van der Waals surface area contributed by atoms with Gasteiger partial charge in [-0.25, -0.2) is 0 Å². The lowest BCUT2D eigenvalue weighted by Crippen LogP contribution is -2.20. The van der Waals surface area contributed by atoms with Crippen molar-refractivity contribution in [1.29, 1.82) is 0 Å². The van der Waals surface area contributed by atoms with E-state index in [2.05, 4.69) is 17.1 Å². The topological polar surface area (TPSA) is 55.1 Å². The minimum absolute atomic E-state index is 0.220. The summed E-state index contributed by atoms with van der Waals surface area (Å²) >= 11 is 0. The molecular formula is C11H10N2O2. The highest BCUT2D eigenvalue weighted by Crippen LogP contribution is 2.17. The predicted molar refractivity (Wildman–Crippen MR) is 56.1 cm³/mol. The third-order valence-electron chi connectivity index (χ3n) is 2.07. The number of carbonyl (C=O) groups excluding carboxylic acids is 1. The molecule has 0 unspecified atom stereocenters. The van der Waals surface area contributed by atoms with Crippen LogP contribution in [0.5, 0.6) is 0 Å². The van der Waals surface area contributed by atoms with Crippen LogP contribution in [0.25, 0.3) is 11.0 Å². The number of carbonyl (C=O) groups is 1. The Balaban J connectivity index is 2.21. The lowest BCUT2D eigenvalue weighted by Gasteiger charge is -1.97. The van der Waals surface area contributed by atoms with Gasteiger partial charge in [0.2, 0.25) is 5.91 Å². The van der Waals surface area contributed by atoms with E-state index < -0.39 is 0 Å². The summed E-state index contributed by atoms with van der Waals surface area (Å²) < 4.78 is 5.09. The molecule has 0 atom stereocenters. The highest BCUT2D eigenvalue weighted by molar-refractivity contribution is 5.87. The molecule has 0 radical (unpaired) electrons. The van der Waals surface area contributed by atoms with E-state index in [1.165, 1.54) is 6.08 Å². The Labute approximate surface area is 86.6 Å². The summed E-state index contributed by atoms with van der Waals surface area (Å²) in [6, 6.07) is 7.51. The second-order valence-corrected chi connectivity index (χ2v) is 3.05. The molecule has 15 heavy (non-hydrogen) atoms. The minimum atomic E-state index is -0.220. The van der Waals surface area contributed by atoms with Gasteiger partial charge in [-0.15, -0.1) is 0 Å². The van der Waals surface area contributed by atoms with Crippen molar-refractivity contribution in [3.8, 4) is 0 Å². The van der Waals surface area contributed by atoms with E-state index in [0.717, 1.165) is 16.7 Å². The Kier molecular flexibility index (Phi) is 2.49. The molecule has 0 bridgehead atoms. The molecule has 2 rings (SSSR count). The molecule has 0 aliphatic rings. The average molecular weight is 202 g/mol. The number of nitrogens with one attached hydrogen (secondary N) is 1. The van der Waals surface area contributed by atoms with Crippen LogP contribution in [-0.4, -0.2) is 11.1 Å². The fraction of sp³-hybridized carbons (Fsp3) is 0.0909. The molecule has 1 amide bonds. The Hall–Kier alpha value is -2.10. The highest BCUT2D eigenvalue weighted by Gasteiger charge is 2.06. The summed E-state index contributed by atoms with van der Waals surface area (Å²) in [6.45, 7) is 3.72. The molecule has 1 aromatic heterocycles. The standard InChI is InChI=1S/C11H10N2O2/c1-2-11(14)12-7-9-8-5-3-4-6-10(8)15-13-9/h2-6H,1,7H2,(H,12,14). The fourth-order valence-corrected chi connectivity index (χ4v) is 1.31. The van der Waals surface area contributed by atoms with Crippen LogP contribution in [0.15, 0.2) is 41.4 Å². The quantitative estimate of drug-likeness (QED) is 0.769. The maximum Gasteiger partial charge on any atom is 0.243 e. The predicted octanol–water partition coefficient (Wildman–Crippen LogP) is 1.63. The maximum absolute atomic E-state index is 11.0. The first kappa shape index (κ1) is 9.45. The largest absolute Gasteiger partial charge is 0.356 e. The third-order valence-corrected chi connectivity index (χ3v) is 2.07. The number of aromatic nitrogens is 1. The molecule has 1 N–H and O–H groups in total. The molecule has 0 aliphatic carbocycles. The number of benzene rings is 1. The second kappa shape index (κ2) is 3.96. The molecule has 0 aliphatic heterocycles. The normalized spacial score (nSPS) is 10.1. The zero-order valence-corrected chi connectivity index (χ0v) is 8.06. The minimum Gasteiger partial charge on any atom is -0.356 e. The zero-order valence-electron chi connectivity index (χ0n) is 8.06. The monoisotopic (exact) mass is 202 g/mol. The molecule has 0 spiro atoms. The molecule has 0 fully saturated rings. The fourth-order valence-electron chi connectivity index (χ4n) is 1.31. The maximum atomic E-state index is 11.0. The van der Waals surface area contributed by atoms with Gasteiger partial charge in [-0.3, -0.25) is 4.79 Å². The number of hydrogen-bond donors (Lipinski definition) is 1. The molecule has 2 aromatic rings. The Bertz CT molecular complexity index is 502. The Morgan fingerprint density at radius 1 is 1.53 bits per heavy atom. The lowest BCUT2D eigenvalue weighted by molar-refractivity contribution is -0.116. The summed E-state index contributed by atoms with van der Waals surface area (Å²) in [5, 5.41) is 7.44. The molecule has 0 saturated heterocycles. The van der Waals surface area contributed by atoms with E-state index in [4.69, 9.17) is 4.52 Å². The SMILES string of the molecule is C=CC(=O)NCc1noc2ccccc12. The summed E-state index contributed by atoms with van der Waals surface area (Å²) in [5.41, 5.74) is 1.45. The van der Waals surface area contributed by atoms with Crippen LogP contribution < -0.4 is 5.32 Å². The van der Waals surface area contributed by atoms with Gasteiger partial charge >= 0.3 is 0 Å². The van der Waals surface area contributed by atoms with Gasteiger partial charge in [-0.1, -0.05) is 23.9 Å². The van der Waals surface area contributed by atoms with Gasteiger partial charge in [0.1, 0.15) is 5.69 Å². The van der Waals surface area contributed by atoms with Crippen molar-refractivity contribution in [2.45, 2.75) is 6.54 Å². The van der Waals surface area contributed by atoms with E-state index >= 15 is 0 Å². The highest BCUT2D eigenvalue weighted by atomic mass is 16.5. The number of nitrogens with zero attached hydrogens (tertiary/aromatic N) is 1. The first-order valence-electron chi connectivity index (χ1n) is 4.55. The number of amides is 1. The van der Waals surface area contributed by atoms with Crippen molar-refractivity contribution < 1.29 is 9.32 Å². The van der Waals surface area contributed by atoms with Crippen molar-refractivity contribution >= 4 is 16.9 Å². The van der Waals surface area contributed by atoms with E-state index in [0.29, 0.717) is 6.54 Å². The molecular weight excluding hydrogens is 192 g/mol. The molecule has 4 nitrogen and oxygen atoms in total. The van der Waals surface area contributed by atoms with Gasteiger partial charge in [0.15, 0.2) is 5.58 Å². The van der Waals surface area contributed by atoms with Crippen LogP contribution in [0.1, 0.15) is 5.69 Å². The van der Waals surface area contributed by atoms with E-state index in [-0.39, 0.29) is 5.91 Å². The summed E-state index contributed by atoms with van der Waals surface area (Å²) in [7, 11) is 0. The third kappa shape index (κ3) is 1.88. The summed E-state index contributed by atoms with van der Waals surface area (Å²) in [6.07, 6.45) is 1.22. The van der Waals surface area contributed by atoms with Gasteiger partial charge in [0.25, 0.3) is 0 Å². The number of rotatable bonds is 3. The molecule has 4 heteroatoms. The van der Waals surface area contributed by atoms with Gasteiger partial charge in [-0.05, 0) is 18.2 Å². The number of para-hydroxylation sites is 1. The van der Waals surface area contributed by atoms with Gasteiger partial charge in [0.05, 0.1) is 6.54 Å². The van der Waals surface area contributed by atoms with Gasteiger partial charge in [-0.2, -0.15) is 0 Å². The van der Waals surface area contributed by atoms with Crippen molar-refractivity contribution in [2.75, 3.05) is 0 Å². The molecule has 76 valence electrons. The molecule has 0 saturated carbocycles. The zero-order chi connectivity index (χ0) is 10.7. The summed E-state index contributed by atoms with van der Waals surface area (Å²) in [5.74, 6) is -0.220. The second-order valence-electron chi connectivity index (χ2n) is 3.05. The number of fused-ring (bicyclic) bond motifs is 1. The van der Waals surface area contributed by atoms with Crippen molar-refractivity contribution in [3.63, 3.8) is 0 Å². The number of hydrogen-bond acceptors (Lipinski definition) is 3. The van der Waals surface area contributed by atoms with Crippen molar-refractivity contribution in [1.82, 2.24) is 10.5 Å². The van der Waals surface area contributed by atoms with E-state index in [1.807, 2.05) is 24.3 Å². The van der Waals surface area contributed by atoms with E-state index in [9.17, 15) is 4.79 Å². The van der Waals surface area contributed by atoms with Crippen molar-refractivity contribution in [3.05, 3.63) is 42.6 Å². The van der Waals surface area contributed by atoms with Crippen LogP contribution in [-0.2, 0) is 11.3 Å². The first-order valence-corrected chi connectivity index (χ1v) is 4.55. The lowest BCUT2D eigenvalue weighted by atomic mass is 10.2. The Morgan fingerprint density at radius 3 is 3.13 bits per heavy atom. The molecule has 1 heterocycles. The van der Waals surface area contributed by atoms with Crippen LogP contribution in [0.3, 0.4) is 0 Å². The first-order chi connectivity index (χ1) is 7.31. The summed E-state index contributed by atoms with van der Waals surface area (Å²) in [4.78, 5) is 11.0.